The summed E-state index contributed by atoms with van der Waals surface area (Å²) in [6, 6.07) is 11.3. The maximum Gasteiger partial charge on any atom is 0.234 e. The van der Waals surface area contributed by atoms with E-state index in [1.165, 1.54) is 11.8 Å². The van der Waals surface area contributed by atoms with Crippen molar-refractivity contribution in [2.45, 2.75) is 46.2 Å². The zero-order valence-electron chi connectivity index (χ0n) is 19.5. The molecule has 1 amide bonds. The lowest BCUT2D eigenvalue weighted by atomic mass is 10.1. The molecule has 3 rings (SSSR count). The van der Waals surface area contributed by atoms with Gasteiger partial charge in [0.1, 0.15) is 5.82 Å². The monoisotopic (exact) mass is 487 g/mol. The lowest BCUT2D eigenvalue weighted by molar-refractivity contribution is -0.113. The number of carbonyl (C=O) groups is 1. The molecule has 0 radical (unpaired) electrons. The molecule has 8 nitrogen and oxygen atoms in total. The minimum absolute atomic E-state index is 0.0418. The second kappa shape index (κ2) is 10.4. The molecule has 176 valence electrons. The van der Waals surface area contributed by atoms with Crippen LogP contribution >= 0.6 is 11.8 Å². The third-order valence-corrected chi connectivity index (χ3v) is 7.48. The molecule has 0 fully saturated rings. The Kier molecular flexibility index (Phi) is 7.80. The molecule has 0 bridgehead atoms. The molecule has 10 heteroatoms. The predicted octanol–water partition coefficient (Wildman–Crippen LogP) is 4.38. The van der Waals surface area contributed by atoms with Crippen LogP contribution in [0.4, 0.5) is 11.4 Å². The molecule has 2 N–H and O–H groups in total. The van der Waals surface area contributed by atoms with Crippen LogP contribution < -0.4 is 10.0 Å². The largest absolute Gasteiger partial charge is 0.325 e. The van der Waals surface area contributed by atoms with Gasteiger partial charge in [-0.25, -0.2) is 8.42 Å². The average molecular weight is 488 g/mol. The molecule has 0 spiro atoms. The van der Waals surface area contributed by atoms with Gasteiger partial charge in [0, 0.05) is 5.69 Å². The average Bonchev–Trinajstić information content (AvgIpc) is 3.11. The molecule has 3 aromatic rings. The van der Waals surface area contributed by atoms with Crippen LogP contribution in [-0.2, 0) is 14.8 Å². The van der Waals surface area contributed by atoms with Crippen LogP contribution in [-0.4, -0.2) is 40.6 Å². The van der Waals surface area contributed by atoms with Crippen LogP contribution in [0.2, 0.25) is 0 Å². The van der Waals surface area contributed by atoms with Gasteiger partial charge in [-0.2, -0.15) is 0 Å². The van der Waals surface area contributed by atoms with Gasteiger partial charge in [0.25, 0.3) is 0 Å². The van der Waals surface area contributed by atoms with Crippen molar-refractivity contribution in [3.63, 3.8) is 0 Å². The first-order valence-corrected chi connectivity index (χ1v) is 13.3. The first kappa shape index (κ1) is 24.8. The molecule has 0 unspecified atom stereocenters. The Labute approximate surface area is 199 Å². The van der Waals surface area contributed by atoms with E-state index in [4.69, 9.17) is 0 Å². The molecule has 0 aliphatic carbocycles. The molecule has 0 saturated carbocycles. The van der Waals surface area contributed by atoms with Crippen molar-refractivity contribution in [2.75, 3.05) is 21.5 Å². The van der Waals surface area contributed by atoms with Crippen LogP contribution in [0.1, 0.15) is 35.9 Å². The quantitative estimate of drug-likeness (QED) is 0.434. The number of sulfonamides is 1. The molecule has 0 aliphatic heterocycles. The molecule has 0 aliphatic rings. The fourth-order valence-electron chi connectivity index (χ4n) is 3.36. The summed E-state index contributed by atoms with van der Waals surface area (Å²) >= 11 is 1.30. The minimum atomic E-state index is -3.42. The number of thioether (sulfide) groups is 1. The second-order valence-corrected chi connectivity index (χ2v) is 10.7. The summed E-state index contributed by atoms with van der Waals surface area (Å²) in [4.78, 5) is 12.7. The van der Waals surface area contributed by atoms with Crippen LogP contribution in [0.25, 0.3) is 5.69 Å². The van der Waals surface area contributed by atoms with Gasteiger partial charge in [-0.3, -0.25) is 14.1 Å². The zero-order valence-corrected chi connectivity index (χ0v) is 21.1. The van der Waals surface area contributed by atoms with Gasteiger partial charge in [-0.05, 0) is 69.0 Å². The number of anilines is 2. The first-order valence-electron chi connectivity index (χ1n) is 10.6. The number of rotatable bonds is 9. The first-order chi connectivity index (χ1) is 15.6. The van der Waals surface area contributed by atoms with Crippen LogP contribution in [0, 0.1) is 27.7 Å². The molecule has 2 aromatic carbocycles. The summed E-state index contributed by atoms with van der Waals surface area (Å²) in [5, 5.41) is 12.0. The Morgan fingerprint density at radius 3 is 2.52 bits per heavy atom. The van der Waals surface area contributed by atoms with Crippen molar-refractivity contribution in [1.82, 2.24) is 14.8 Å². The van der Waals surface area contributed by atoms with Gasteiger partial charge in [0.15, 0.2) is 5.16 Å². The normalized spacial score (nSPS) is 11.4. The highest BCUT2D eigenvalue weighted by atomic mass is 32.2. The van der Waals surface area contributed by atoms with Crippen molar-refractivity contribution >= 4 is 39.1 Å². The smallest absolute Gasteiger partial charge is 0.234 e. The molecular formula is C23H29N5O3S2. The van der Waals surface area contributed by atoms with Gasteiger partial charge in [0.05, 0.1) is 22.9 Å². The fraction of sp³-hybridized carbons (Fsp3) is 0.348. The van der Waals surface area contributed by atoms with Crippen molar-refractivity contribution in [2.24, 2.45) is 0 Å². The molecular weight excluding hydrogens is 458 g/mol. The number of nitrogens with zero attached hydrogens (tertiary/aromatic N) is 3. The van der Waals surface area contributed by atoms with E-state index in [1.807, 2.05) is 32.3 Å². The summed E-state index contributed by atoms with van der Waals surface area (Å²) in [6.45, 7) is 9.52. The molecule has 33 heavy (non-hydrogen) atoms. The van der Waals surface area contributed by atoms with Crippen molar-refractivity contribution in [1.29, 1.82) is 0 Å². The highest BCUT2D eigenvalue weighted by molar-refractivity contribution is 7.99. The zero-order chi connectivity index (χ0) is 24.2. The fourth-order valence-corrected chi connectivity index (χ4v) is 5.35. The lowest BCUT2D eigenvalue weighted by Crippen LogP contribution is -2.18. The lowest BCUT2D eigenvalue weighted by Gasteiger charge is -2.14. The topological polar surface area (TPSA) is 106 Å². The van der Waals surface area contributed by atoms with Crippen LogP contribution in [0.15, 0.2) is 41.6 Å². The number of hydrogen-bond acceptors (Lipinski definition) is 6. The molecule has 0 atom stereocenters. The summed E-state index contributed by atoms with van der Waals surface area (Å²) < 4.78 is 28.8. The number of aromatic nitrogens is 3. The van der Waals surface area contributed by atoms with Gasteiger partial charge in [-0.1, -0.05) is 36.9 Å². The Bertz CT molecular complexity index is 1270. The molecule has 0 saturated heterocycles. The van der Waals surface area contributed by atoms with E-state index in [0.29, 0.717) is 28.5 Å². The SMILES string of the molecule is CCCS(=O)(=O)Nc1cccc(NC(=O)CSc2nnc(C)n2-c2cc(C)ccc2C)c1C. The number of carbonyl (C=O) groups excluding carboxylic acids is 1. The Morgan fingerprint density at radius 1 is 1.06 bits per heavy atom. The third kappa shape index (κ3) is 6.14. The van der Waals surface area contributed by atoms with Gasteiger partial charge < -0.3 is 5.32 Å². The molecule has 1 heterocycles. The third-order valence-electron chi connectivity index (χ3n) is 5.08. The number of hydrogen-bond donors (Lipinski definition) is 2. The van der Waals surface area contributed by atoms with Crippen LogP contribution in [0.3, 0.4) is 0 Å². The number of amides is 1. The second-order valence-electron chi connectivity index (χ2n) is 7.89. The summed E-state index contributed by atoms with van der Waals surface area (Å²) in [5.74, 6) is 0.702. The maximum absolute atomic E-state index is 12.7. The highest BCUT2D eigenvalue weighted by Crippen LogP contribution is 2.27. The van der Waals surface area contributed by atoms with Crippen molar-refractivity contribution in [3.8, 4) is 5.69 Å². The highest BCUT2D eigenvalue weighted by Gasteiger charge is 2.17. The Morgan fingerprint density at radius 2 is 1.79 bits per heavy atom. The van der Waals surface area contributed by atoms with E-state index in [0.717, 1.165) is 22.6 Å². The van der Waals surface area contributed by atoms with E-state index in [-0.39, 0.29) is 17.4 Å². The standard InChI is InChI=1S/C23H29N5O3S2/c1-6-12-33(30,31)27-20-9-7-8-19(17(20)4)24-22(29)14-32-23-26-25-18(5)28(23)21-13-15(2)10-11-16(21)3/h7-11,13,27H,6,12,14H2,1-5H3,(H,24,29). The predicted molar refractivity (Wildman–Crippen MR) is 134 cm³/mol. The van der Waals surface area contributed by atoms with Gasteiger partial charge in [-0.15, -0.1) is 10.2 Å². The van der Waals surface area contributed by atoms with Crippen LogP contribution in [0.5, 0.6) is 0 Å². The maximum atomic E-state index is 12.7. The molecule has 1 aromatic heterocycles. The van der Waals surface area contributed by atoms with Crippen molar-refractivity contribution < 1.29 is 13.2 Å². The van der Waals surface area contributed by atoms with E-state index >= 15 is 0 Å². The Hall–Kier alpha value is -2.85. The number of nitrogens with one attached hydrogen (secondary N) is 2. The minimum Gasteiger partial charge on any atom is -0.325 e. The van der Waals surface area contributed by atoms with E-state index < -0.39 is 10.0 Å². The van der Waals surface area contributed by atoms with Crippen molar-refractivity contribution in [3.05, 3.63) is 58.9 Å². The van der Waals surface area contributed by atoms with Gasteiger partial charge >= 0.3 is 0 Å². The van der Waals surface area contributed by atoms with Gasteiger partial charge in [0.2, 0.25) is 15.9 Å². The van der Waals surface area contributed by atoms with E-state index in [1.54, 1.807) is 25.1 Å². The summed E-state index contributed by atoms with van der Waals surface area (Å²) in [5.41, 5.74) is 4.88. The summed E-state index contributed by atoms with van der Waals surface area (Å²) in [6.07, 6.45) is 0.522. The number of benzene rings is 2. The van der Waals surface area contributed by atoms with E-state index in [2.05, 4.69) is 38.4 Å². The number of aryl methyl sites for hydroxylation is 3. The summed E-state index contributed by atoms with van der Waals surface area (Å²) in [7, 11) is -3.42. The Balaban J connectivity index is 1.73. The van der Waals surface area contributed by atoms with E-state index in [9.17, 15) is 13.2 Å².